The van der Waals surface area contributed by atoms with Gasteiger partial charge in [0.15, 0.2) is 0 Å². The topological polar surface area (TPSA) is 18.5 Å². The summed E-state index contributed by atoms with van der Waals surface area (Å²) >= 11 is 0. The number of hydrogen-bond acceptors (Lipinski definition) is 3. The van der Waals surface area contributed by atoms with Crippen molar-refractivity contribution in [3.05, 3.63) is 0 Å². The van der Waals surface area contributed by atoms with Crippen molar-refractivity contribution in [3.8, 4) is 0 Å². The van der Waals surface area contributed by atoms with Crippen LogP contribution in [0.4, 0.5) is 0 Å². The number of piperazine rings is 1. The summed E-state index contributed by atoms with van der Waals surface area (Å²) in [5.74, 6) is 0.989. The molecule has 1 unspecified atom stereocenters. The van der Waals surface area contributed by atoms with Gasteiger partial charge in [0, 0.05) is 32.2 Å². The van der Waals surface area contributed by atoms with Crippen LogP contribution in [0.2, 0.25) is 0 Å². The highest BCUT2D eigenvalue weighted by Gasteiger charge is 2.27. The normalized spacial score (nSPS) is 25.9. The molecule has 0 aromatic carbocycles. The second-order valence-corrected chi connectivity index (χ2v) is 5.58. The summed E-state index contributed by atoms with van der Waals surface area (Å²) in [7, 11) is 2.22. The minimum Gasteiger partial charge on any atom is -0.314 e. The Labute approximate surface area is 100 Å². The lowest BCUT2D eigenvalue weighted by Gasteiger charge is -2.32. The highest BCUT2D eigenvalue weighted by Crippen LogP contribution is 2.32. The summed E-state index contributed by atoms with van der Waals surface area (Å²) < 4.78 is 0. The van der Waals surface area contributed by atoms with Gasteiger partial charge in [0.2, 0.25) is 0 Å². The van der Waals surface area contributed by atoms with Gasteiger partial charge in [-0.25, -0.2) is 0 Å². The molecule has 1 saturated heterocycles. The monoisotopic (exact) mass is 225 g/mol. The van der Waals surface area contributed by atoms with Crippen LogP contribution in [0.5, 0.6) is 0 Å². The van der Waals surface area contributed by atoms with Crippen molar-refractivity contribution in [3.63, 3.8) is 0 Å². The first kappa shape index (κ1) is 12.3. The minimum absolute atomic E-state index is 0.757. The molecule has 1 N–H and O–H groups in total. The van der Waals surface area contributed by atoms with Gasteiger partial charge >= 0.3 is 0 Å². The van der Waals surface area contributed by atoms with Gasteiger partial charge in [0.05, 0.1) is 0 Å². The number of likely N-dealkylation sites (N-methyl/N-ethyl adjacent to an activating group) is 1. The molecule has 1 aliphatic carbocycles. The summed E-state index contributed by atoms with van der Waals surface area (Å²) in [4.78, 5) is 5.02. The van der Waals surface area contributed by atoms with Crippen LogP contribution in [0.1, 0.15) is 26.2 Å². The molecule has 0 radical (unpaired) electrons. The molecule has 3 heteroatoms. The van der Waals surface area contributed by atoms with Crippen LogP contribution >= 0.6 is 0 Å². The van der Waals surface area contributed by atoms with E-state index in [1.54, 1.807) is 0 Å². The molecule has 0 spiro atoms. The van der Waals surface area contributed by atoms with Gasteiger partial charge < -0.3 is 15.1 Å². The van der Waals surface area contributed by atoms with Crippen molar-refractivity contribution in [2.24, 2.45) is 5.92 Å². The summed E-state index contributed by atoms with van der Waals surface area (Å²) in [6, 6.07) is 0.757. The Bertz CT molecular complexity index is 195. The Kier molecular flexibility index (Phi) is 4.62. The summed E-state index contributed by atoms with van der Waals surface area (Å²) in [5, 5.41) is 3.66. The van der Waals surface area contributed by atoms with Crippen molar-refractivity contribution in [1.82, 2.24) is 15.1 Å². The van der Waals surface area contributed by atoms with E-state index in [-0.39, 0.29) is 0 Å². The van der Waals surface area contributed by atoms with Crippen LogP contribution in [0, 0.1) is 5.92 Å². The fourth-order valence-electron chi connectivity index (χ4n) is 2.47. The summed E-state index contributed by atoms with van der Waals surface area (Å²) in [6.07, 6.45) is 4.21. The van der Waals surface area contributed by atoms with Crippen molar-refractivity contribution in [2.75, 3.05) is 46.3 Å². The van der Waals surface area contributed by atoms with E-state index in [0.29, 0.717) is 0 Å². The molecule has 2 rings (SSSR count). The molecule has 0 aromatic rings. The lowest BCUT2D eigenvalue weighted by Crippen LogP contribution is -2.45. The molecule has 94 valence electrons. The Morgan fingerprint density at radius 1 is 1.19 bits per heavy atom. The minimum atomic E-state index is 0.757. The Balaban J connectivity index is 1.47. The second kappa shape index (κ2) is 5.99. The standard InChI is InChI=1S/C13H27N3/c1-12(13-4-5-13)14-6-3-7-16-10-8-15(2)9-11-16/h12-14H,3-11H2,1-2H3. The SMILES string of the molecule is CC(NCCCN1CCN(C)CC1)C1CC1. The van der Waals surface area contributed by atoms with Crippen LogP contribution in [0.15, 0.2) is 0 Å². The fraction of sp³-hybridized carbons (Fsp3) is 1.00. The van der Waals surface area contributed by atoms with Crippen LogP contribution in [-0.4, -0.2) is 62.2 Å². The molecule has 2 aliphatic rings. The largest absolute Gasteiger partial charge is 0.314 e. The van der Waals surface area contributed by atoms with Crippen LogP contribution < -0.4 is 5.32 Å². The molecule has 1 saturated carbocycles. The zero-order valence-corrected chi connectivity index (χ0v) is 10.9. The maximum atomic E-state index is 3.66. The van der Waals surface area contributed by atoms with Gasteiger partial charge in [-0.3, -0.25) is 0 Å². The third-order valence-electron chi connectivity index (χ3n) is 4.04. The quantitative estimate of drug-likeness (QED) is 0.681. The first-order chi connectivity index (χ1) is 7.75. The van der Waals surface area contributed by atoms with Gasteiger partial charge in [-0.2, -0.15) is 0 Å². The average Bonchev–Trinajstić information content (AvgIpc) is 3.10. The Morgan fingerprint density at radius 2 is 1.88 bits per heavy atom. The number of rotatable bonds is 6. The van der Waals surface area contributed by atoms with Crippen molar-refractivity contribution < 1.29 is 0 Å². The van der Waals surface area contributed by atoms with E-state index in [9.17, 15) is 0 Å². The van der Waals surface area contributed by atoms with E-state index >= 15 is 0 Å². The van der Waals surface area contributed by atoms with Gasteiger partial charge in [0.1, 0.15) is 0 Å². The maximum Gasteiger partial charge on any atom is 0.0110 e. The van der Waals surface area contributed by atoms with E-state index in [4.69, 9.17) is 0 Å². The highest BCUT2D eigenvalue weighted by molar-refractivity contribution is 4.83. The van der Waals surface area contributed by atoms with Crippen LogP contribution in [-0.2, 0) is 0 Å². The zero-order chi connectivity index (χ0) is 11.4. The first-order valence-electron chi connectivity index (χ1n) is 6.90. The molecule has 0 bridgehead atoms. The van der Waals surface area contributed by atoms with Crippen LogP contribution in [0.3, 0.4) is 0 Å². The smallest absolute Gasteiger partial charge is 0.0110 e. The van der Waals surface area contributed by atoms with Crippen molar-refractivity contribution >= 4 is 0 Å². The van der Waals surface area contributed by atoms with Gasteiger partial charge in [-0.15, -0.1) is 0 Å². The highest BCUT2D eigenvalue weighted by atomic mass is 15.2. The zero-order valence-electron chi connectivity index (χ0n) is 10.9. The lowest BCUT2D eigenvalue weighted by molar-refractivity contribution is 0.152. The Hall–Kier alpha value is -0.120. The molecule has 0 aromatic heterocycles. The molecule has 1 aliphatic heterocycles. The van der Waals surface area contributed by atoms with Crippen molar-refractivity contribution in [1.29, 1.82) is 0 Å². The molecule has 1 atom stereocenters. The number of hydrogen-bond donors (Lipinski definition) is 1. The Morgan fingerprint density at radius 3 is 2.50 bits per heavy atom. The molecule has 16 heavy (non-hydrogen) atoms. The van der Waals surface area contributed by atoms with E-state index in [1.165, 1.54) is 58.5 Å². The molecule has 1 heterocycles. The first-order valence-corrected chi connectivity index (χ1v) is 6.90. The summed E-state index contributed by atoms with van der Waals surface area (Å²) in [6.45, 7) is 9.82. The third-order valence-corrected chi connectivity index (χ3v) is 4.04. The molecular formula is C13H27N3. The predicted octanol–water partition coefficient (Wildman–Crippen LogP) is 1.01. The van der Waals surface area contributed by atoms with E-state index in [1.807, 2.05) is 0 Å². The molecular weight excluding hydrogens is 198 g/mol. The third kappa shape index (κ3) is 4.04. The van der Waals surface area contributed by atoms with Crippen LogP contribution in [0.25, 0.3) is 0 Å². The van der Waals surface area contributed by atoms with Gasteiger partial charge in [-0.05, 0) is 52.2 Å². The predicted molar refractivity (Wildman–Crippen MR) is 68.7 cm³/mol. The lowest BCUT2D eigenvalue weighted by atomic mass is 10.2. The van der Waals surface area contributed by atoms with E-state index in [0.717, 1.165) is 12.0 Å². The summed E-state index contributed by atoms with van der Waals surface area (Å²) in [5.41, 5.74) is 0. The second-order valence-electron chi connectivity index (χ2n) is 5.58. The number of nitrogens with one attached hydrogen (secondary N) is 1. The maximum absolute atomic E-state index is 3.66. The van der Waals surface area contributed by atoms with E-state index < -0.39 is 0 Å². The molecule has 0 amide bonds. The average molecular weight is 225 g/mol. The fourth-order valence-corrected chi connectivity index (χ4v) is 2.47. The van der Waals surface area contributed by atoms with Gasteiger partial charge in [0.25, 0.3) is 0 Å². The number of nitrogens with zero attached hydrogens (tertiary/aromatic N) is 2. The van der Waals surface area contributed by atoms with E-state index in [2.05, 4.69) is 29.1 Å². The van der Waals surface area contributed by atoms with Gasteiger partial charge in [-0.1, -0.05) is 0 Å². The van der Waals surface area contributed by atoms with Crippen molar-refractivity contribution in [2.45, 2.75) is 32.2 Å². The molecule has 2 fully saturated rings. The molecule has 3 nitrogen and oxygen atoms in total.